The highest BCUT2D eigenvalue weighted by Gasteiger charge is 2.11. The summed E-state index contributed by atoms with van der Waals surface area (Å²) in [5.41, 5.74) is 0.379. The fraction of sp³-hybridized carbons (Fsp3) is 0.143. The maximum Gasteiger partial charge on any atom is 0.257 e. The Morgan fingerprint density at radius 3 is 2.81 bits per heavy atom. The van der Waals surface area contributed by atoms with Gasteiger partial charge in [-0.15, -0.1) is 0 Å². The molecule has 26 heavy (non-hydrogen) atoms. The molecule has 0 saturated carbocycles. The molecule has 1 amide bonds. The summed E-state index contributed by atoms with van der Waals surface area (Å²) in [6.45, 7) is 0.468. The lowest BCUT2D eigenvalue weighted by Gasteiger charge is -2.06. The molecule has 0 aliphatic heterocycles. The molecule has 1 aromatic heterocycles. The normalized spacial score (nSPS) is 9.88. The Bertz CT molecular complexity index is 968. The molecule has 0 aliphatic rings. The van der Waals surface area contributed by atoms with Crippen molar-refractivity contribution in [3.63, 3.8) is 0 Å². The zero-order valence-corrected chi connectivity index (χ0v) is 14.4. The van der Waals surface area contributed by atoms with E-state index in [1.807, 2.05) is 42.5 Å². The van der Waals surface area contributed by atoms with Crippen LogP contribution in [0.3, 0.4) is 0 Å². The molecule has 5 heteroatoms. The Morgan fingerprint density at radius 2 is 1.92 bits per heavy atom. The van der Waals surface area contributed by atoms with Crippen molar-refractivity contribution in [3.8, 4) is 23.5 Å². The number of hydrogen-bond donors (Lipinski definition) is 1. The van der Waals surface area contributed by atoms with Crippen molar-refractivity contribution < 1.29 is 14.3 Å². The number of methoxy groups -OCH3 is 1. The molecule has 2 aromatic carbocycles. The summed E-state index contributed by atoms with van der Waals surface area (Å²) >= 11 is 0. The average molecular weight is 346 g/mol. The highest BCUT2D eigenvalue weighted by molar-refractivity contribution is 5.96. The fourth-order valence-electron chi connectivity index (χ4n) is 2.49. The lowest BCUT2D eigenvalue weighted by Crippen LogP contribution is -2.24. The second-order valence-corrected chi connectivity index (χ2v) is 5.36. The van der Waals surface area contributed by atoms with Crippen molar-refractivity contribution in [2.45, 2.75) is 0 Å². The Hall–Kier alpha value is -3.52. The van der Waals surface area contributed by atoms with Crippen LogP contribution in [0.1, 0.15) is 10.4 Å². The highest BCUT2D eigenvalue weighted by Crippen LogP contribution is 2.24. The lowest BCUT2D eigenvalue weighted by molar-refractivity contribution is 0.0955. The van der Waals surface area contributed by atoms with Gasteiger partial charge in [0.1, 0.15) is 17.9 Å². The van der Waals surface area contributed by atoms with Gasteiger partial charge in [0.2, 0.25) is 5.88 Å². The molecule has 0 saturated heterocycles. The lowest BCUT2D eigenvalue weighted by atomic mass is 10.1. The van der Waals surface area contributed by atoms with Crippen LogP contribution in [-0.4, -0.2) is 31.2 Å². The van der Waals surface area contributed by atoms with Crippen LogP contribution >= 0.6 is 0 Å². The molecule has 1 N–H and O–H groups in total. The number of fused-ring (bicyclic) bond motifs is 1. The number of pyridine rings is 1. The number of rotatable bonds is 5. The van der Waals surface area contributed by atoms with Gasteiger partial charge in [-0.25, -0.2) is 4.98 Å². The molecule has 0 bridgehead atoms. The fourth-order valence-corrected chi connectivity index (χ4v) is 2.49. The summed E-state index contributed by atoms with van der Waals surface area (Å²) in [5.74, 6) is 6.58. The van der Waals surface area contributed by atoms with Gasteiger partial charge >= 0.3 is 0 Å². The van der Waals surface area contributed by atoms with Crippen molar-refractivity contribution >= 4 is 16.7 Å². The molecule has 0 radical (unpaired) electrons. The van der Waals surface area contributed by atoms with Crippen LogP contribution in [0.2, 0.25) is 0 Å². The van der Waals surface area contributed by atoms with Crippen LogP contribution in [0, 0.1) is 11.8 Å². The van der Waals surface area contributed by atoms with Crippen molar-refractivity contribution in [1.29, 1.82) is 0 Å². The van der Waals surface area contributed by atoms with Gasteiger partial charge in [0.05, 0.1) is 13.7 Å². The summed E-state index contributed by atoms with van der Waals surface area (Å²) in [7, 11) is 1.48. The minimum absolute atomic E-state index is 0.218. The first-order valence-electron chi connectivity index (χ1n) is 8.13. The maximum absolute atomic E-state index is 12.1. The van der Waals surface area contributed by atoms with Gasteiger partial charge in [0.15, 0.2) is 0 Å². The van der Waals surface area contributed by atoms with Crippen LogP contribution in [0.25, 0.3) is 10.8 Å². The minimum Gasteiger partial charge on any atom is -0.480 e. The zero-order chi connectivity index (χ0) is 18.2. The summed E-state index contributed by atoms with van der Waals surface area (Å²) in [4.78, 5) is 16.1. The molecule has 0 fully saturated rings. The standard InChI is InChI=1S/C21H18N2O3/c1-25-21-18(11-7-14-23-21)20(24)22-13-4-5-15-26-19-12-6-9-16-8-2-3-10-17(16)19/h2-3,6-12,14H,13,15H2,1H3,(H,22,24). The molecule has 0 aliphatic carbocycles. The van der Waals surface area contributed by atoms with Crippen LogP contribution in [0.4, 0.5) is 0 Å². The average Bonchev–Trinajstić information content (AvgIpc) is 2.70. The Kier molecular flexibility index (Phi) is 5.69. The molecular formula is C21H18N2O3. The number of carbonyl (C=O) groups excluding carboxylic acids is 1. The number of ether oxygens (including phenoxy) is 2. The van der Waals surface area contributed by atoms with Gasteiger partial charge in [0, 0.05) is 11.6 Å². The minimum atomic E-state index is -0.278. The largest absolute Gasteiger partial charge is 0.480 e. The van der Waals surface area contributed by atoms with Crippen LogP contribution in [-0.2, 0) is 0 Å². The van der Waals surface area contributed by atoms with E-state index in [4.69, 9.17) is 9.47 Å². The summed E-state index contributed by atoms with van der Waals surface area (Å²) in [5, 5.41) is 4.88. The monoisotopic (exact) mass is 346 g/mol. The molecule has 0 spiro atoms. The number of nitrogens with one attached hydrogen (secondary N) is 1. The van der Waals surface area contributed by atoms with Crippen LogP contribution < -0.4 is 14.8 Å². The molecule has 0 atom stereocenters. The molecule has 1 heterocycles. The molecule has 5 nitrogen and oxygen atoms in total. The third kappa shape index (κ3) is 4.11. The van der Waals surface area contributed by atoms with Crippen LogP contribution in [0.15, 0.2) is 60.8 Å². The van der Waals surface area contributed by atoms with E-state index >= 15 is 0 Å². The third-order valence-corrected chi connectivity index (χ3v) is 3.72. The molecule has 0 unspecified atom stereocenters. The van der Waals surface area contributed by atoms with E-state index < -0.39 is 0 Å². The number of hydrogen-bond acceptors (Lipinski definition) is 4. The van der Waals surface area contributed by atoms with Gasteiger partial charge in [-0.2, -0.15) is 0 Å². The summed E-state index contributed by atoms with van der Waals surface area (Å²) < 4.78 is 10.8. The smallest absolute Gasteiger partial charge is 0.257 e. The van der Waals surface area contributed by atoms with Gasteiger partial charge in [-0.1, -0.05) is 48.2 Å². The number of amides is 1. The van der Waals surface area contributed by atoms with Gasteiger partial charge in [0.25, 0.3) is 5.91 Å². The predicted octanol–water partition coefficient (Wildman–Crippen LogP) is 3.06. The van der Waals surface area contributed by atoms with Crippen molar-refractivity contribution in [2.24, 2.45) is 0 Å². The second-order valence-electron chi connectivity index (χ2n) is 5.36. The van der Waals surface area contributed by atoms with Crippen molar-refractivity contribution in [2.75, 3.05) is 20.3 Å². The van der Waals surface area contributed by atoms with Crippen molar-refractivity contribution in [3.05, 3.63) is 66.4 Å². The van der Waals surface area contributed by atoms with E-state index in [2.05, 4.69) is 22.1 Å². The van der Waals surface area contributed by atoms with E-state index in [9.17, 15) is 4.79 Å². The number of benzene rings is 2. The summed E-state index contributed by atoms with van der Waals surface area (Å²) in [6, 6.07) is 17.3. The molecular weight excluding hydrogens is 328 g/mol. The Labute approximate surface area is 152 Å². The van der Waals surface area contributed by atoms with Gasteiger partial charge in [-0.3, -0.25) is 4.79 Å². The van der Waals surface area contributed by atoms with E-state index in [0.29, 0.717) is 5.56 Å². The Balaban J connectivity index is 1.52. The topological polar surface area (TPSA) is 60.5 Å². The first-order valence-corrected chi connectivity index (χ1v) is 8.13. The number of nitrogens with zero attached hydrogens (tertiary/aromatic N) is 1. The van der Waals surface area contributed by atoms with Gasteiger partial charge < -0.3 is 14.8 Å². The highest BCUT2D eigenvalue weighted by atomic mass is 16.5. The van der Waals surface area contributed by atoms with Gasteiger partial charge in [-0.05, 0) is 23.6 Å². The third-order valence-electron chi connectivity index (χ3n) is 3.72. The van der Waals surface area contributed by atoms with E-state index in [1.54, 1.807) is 18.3 Å². The first kappa shape index (κ1) is 17.3. The first-order chi connectivity index (χ1) is 12.8. The quantitative estimate of drug-likeness (QED) is 0.722. The Morgan fingerprint density at radius 1 is 1.08 bits per heavy atom. The van der Waals surface area contributed by atoms with E-state index in [0.717, 1.165) is 16.5 Å². The van der Waals surface area contributed by atoms with Crippen LogP contribution in [0.5, 0.6) is 11.6 Å². The predicted molar refractivity (Wildman–Crippen MR) is 100 cm³/mol. The number of carbonyl (C=O) groups is 1. The summed E-state index contributed by atoms with van der Waals surface area (Å²) in [6.07, 6.45) is 1.57. The second kappa shape index (κ2) is 8.54. The van der Waals surface area contributed by atoms with E-state index in [-0.39, 0.29) is 24.9 Å². The molecule has 3 aromatic rings. The zero-order valence-electron chi connectivity index (χ0n) is 14.4. The SMILES string of the molecule is COc1ncccc1C(=O)NCC#CCOc1cccc2ccccc12. The molecule has 130 valence electrons. The van der Waals surface area contributed by atoms with Crippen molar-refractivity contribution in [1.82, 2.24) is 10.3 Å². The van der Waals surface area contributed by atoms with E-state index in [1.165, 1.54) is 7.11 Å². The maximum atomic E-state index is 12.1. The number of aromatic nitrogens is 1. The molecule has 3 rings (SSSR count).